The van der Waals surface area contributed by atoms with Gasteiger partial charge in [-0.1, -0.05) is 18.6 Å². The first-order chi connectivity index (χ1) is 14.1. The summed E-state index contributed by atoms with van der Waals surface area (Å²) in [6.07, 6.45) is 4.89. The van der Waals surface area contributed by atoms with E-state index in [9.17, 15) is 4.79 Å². The fraction of sp³-hybridized carbons (Fsp3) is 0.333. The van der Waals surface area contributed by atoms with Gasteiger partial charge in [-0.2, -0.15) is 4.98 Å². The molecule has 2 N–H and O–H groups in total. The van der Waals surface area contributed by atoms with Crippen LogP contribution in [-0.2, 0) is 18.4 Å². The Balaban J connectivity index is 1.48. The van der Waals surface area contributed by atoms with Crippen LogP contribution in [0.2, 0.25) is 0 Å². The lowest BCUT2D eigenvalue weighted by Gasteiger charge is -2.24. The van der Waals surface area contributed by atoms with Crippen molar-refractivity contribution >= 4 is 34.0 Å². The average molecular weight is 390 g/mol. The van der Waals surface area contributed by atoms with Crippen LogP contribution in [0.3, 0.4) is 0 Å². The molecule has 1 saturated carbocycles. The Hall–Kier alpha value is -3.42. The monoisotopic (exact) mass is 390 g/mol. The summed E-state index contributed by atoms with van der Waals surface area (Å²) in [5, 5.41) is 6.09. The van der Waals surface area contributed by atoms with E-state index in [1.807, 2.05) is 35.9 Å². The number of hydrogen-bond acceptors (Lipinski definition) is 6. The lowest BCUT2D eigenvalue weighted by molar-refractivity contribution is -0.127. The van der Waals surface area contributed by atoms with E-state index in [4.69, 9.17) is 9.40 Å². The number of hydrogen-bond donors (Lipinski definition) is 2. The summed E-state index contributed by atoms with van der Waals surface area (Å²) >= 11 is 0. The summed E-state index contributed by atoms with van der Waals surface area (Å²) in [6, 6.07) is 7.87. The SMILES string of the molecule is CNc1nc2oc(-c3cccc(CNC(=O)C4CCC4)c3)nc2c2c1ncn2C. The van der Waals surface area contributed by atoms with Crippen LogP contribution in [0.25, 0.3) is 33.7 Å². The summed E-state index contributed by atoms with van der Waals surface area (Å²) < 4.78 is 7.90. The number of benzene rings is 1. The number of oxazole rings is 1. The molecule has 1 aromatic carbocycles. The van der Waals surface area contributed by atoms with Crippen molar-refractivity contribution in [3.05, 3.63) is 36.2 Å². The zero-order chi connectivity index (χ0) is 20.0. The van der Waals surface area contributed by atoms with Crippen LogP contribution >= 0.6 is 0 Å². The topological polar surface area (TPSA) is 97.9 Å². The zero-order valence-corrected chi connectivity index (χ0v) is 16.4. The molecule has 1 amide bonds. The van der Waals surface area contributed by atoms with Gasteiger partial charge in [0.15, 0.2) is 11.3 Å². The van der Waals surface area contributed by atoms with Gasteiger partial charge in [0.25, 0.3) is 5.71 Å². The number of imidazole rings is 1. The number of nitrogens with one attached hydrogen (secondary N) is 2. The van der Waals surface area contributed by atoms with E-state index in [2.05, 4.69) is 20.6 Å². The fourth-order valence-corrected chi connectivity index (χ4v) is 3.70. The van der Waals surface area contributed by atoms with Crippen LogP contribution in [0.1, 0.15) is 24.8 Å². The Morgan fingerprint density at radius 3 is 2.90 bits per heavy atom. The maximum absolute atomic E-state index is 12.1. The van der Waals surface area contributed by atoms with Crippen molar-refractivity contribution in [1.29, 1.82) is 0 Å². The molecule has 0 bridgehead atoms. The van der Waals surface area contributed by atoms with Gasteiger partial charge in [0.2, 0.25) is 11.8 Å². The van der Waals surface area contributed by atoms with E-state index in [1.165, 1.54) is 0 Å². The first-order valence-electron chi connectivity index (χ1n) is 9.80. The molecule has 8 heteroatoms. The van der Waals surface area contributed by atoms with E-state index in [0.29, 0.717) is 29.5 Å². The van der Waals surface area contributed by atoms with Crippen molar-refractivity contribution in [2.75, 3.05) is 12.4 Å². The largest absolute Gasteiger partial charge is 0.418 e. The molecule has 0 radical (unpaired) electrons. The van der Waals surface area contributed by atoms with Crippen LogP contribution in [0.5, 0.6) is 0 Å². The first-order valence-corrected chi connectivity index (χ1v) is 9.80. The number of fused-ring (bicyclic) bond motifs is 3. The molecule has 0 saturated heterocycles. The number of carbonyl (C=O) groups is 1. The summed E-state index contributed by atoms with van der Waals surface area (Å²) in [5.74, 6) is 1.48. The van der Waals surface area contributed by atoms with Gasteiger partial charge in [-0.25, -0.2) is 9.97 Å². The molecule has 0 atom stereocenters. The Labute approximate surface area is 167 Å². The molecule has 1 aliphatic carbocycles. The Bertz CT molecular complexity index is 1220. The molecule has 8 nitrogen and oxygen atoms in total. The lowest BCUT2D eigenvalue weighted by Crippen LogP contribution is -2.33. The highest BCUT2D eigenvalue weighted by Gasteiger charge is 2.24. The predicted octanol–water partition coefficient (Wildman–Crippen LogP) is 3.23. The molecule has 3 heterocycles. The van der Waals surface area contributed by atoms with Crippen LogP contribution < -0.4 is 10.6 Å². The van der Waals surface area contributed by atoms with Gasteiger partial charge in [0, 0.05) is 32.1 Å². The molecule has 0 unspecified atom stereocenters. The summed E-state index contributed by atoms with van der Waals surface area (Å²) in [7, 11) is 3.73. The highest BCUT2D eigenvalue weighted by Crippen LogP contribution is 2.31. The van der Waals surface area contributed by atoms with Gasteiger partial charge < -0.3 is 19.6 Å². The second kappa shape index (κ2) is 6.88. The standard InChI is InChI=1S/C21H22N6O2/c1-22-18-15-17(27(2)11-24-15)16-21(26-18)29-20(25-16)14-8-3-5-12(9-14)10-23-19(28)13-6-4-7-13/h3,5,8-9,11,13H,4,6-7,10H2,1-2H3,(H,22,26)(H,23,28). The third-order valence-corrected chi connectivity index (χ3v) is 5.56. The second-order valence-corrected chi connectivity index (χ2v) is 7.48. The Morgan fingerprint density at radius 2 is 2.14 bits per heavy atom. The van der Waals surface area contributed by atoms with Crippen molar-refractivity contribution in [2.45, 2.75) is 25.8 Å². The molecule has 5 rings (SSSR count). The van der Waals surface area contributed by atoms with E-state index in [-0.39, 0.29) is 11.8 Å². The van der Waals surface area contributed by atoms with E-state index in [1.54, 1.807) is 13.4 Å². The maximum atomic E-state index is 12.1. The predicted molar refractivity (Wildman–Crippen MR) is 110 cm³/mol. The summed E-state index contributed by atoms with van der Waals surface area (Å²) in [4.78, 5) is 25.7. The Kier molecular flexibility index (Phi) is 4.19. The third-order valence-electron chi connectivity index (χ3n) is 5.56. The Morgan fingerprint density at radius 1 is 1.28 bits per heavy atom. The highest BCUT2D eigenvalue weighted by atomic mass is 16.4. The van der Waals surface area contributed by atoms with Gasteiger partial charge in [0.05, 0.1) is 6.33 Å². The van der Waals surface area contributed by atoms with Crippen molar-refractivity contribution in [3.8, 4) is 11.5 Å². The molecule has 0 spiro atoms. The number of aromatic nitrogens is 4. The molecule has 1 fully saturated rings. The molecular weight excluding hydrogens is 368 g/mol. The fourth-order valence-electron chi connectivity index (χ4n) is 3.70. The quantitative estimate of drug-likeness (QED) is 0.543. The zero-order valence-electron chi connectivity index (χ0n) is 16.4. The minimum atomic E-state index is 0.144. The number of amides is 1. The average Bonchev–Trinajstić information content (AvgIpc) is 3.28. The van der Waals surface area contributed by atoms with E-state index < -0.39 is 0 Å². The number of aryl methyl sites for hydroxylation is 1. The van der Waals surface area contributed by atoms with Crippen molar-refractivity contribution in [3.63, 3.8) is 0 Å². The number of pyridine rings is 1. The highest BCUT2D eigenvalue weighted by molar-refractivity contribution is 6.03. The second-order valence-electron chi connectivity index (χ2n) is 7.48. The van der Waals surface area contributed by atoms with Gasteiger partial charge in [-0.15, -0.1) is 0 Å². The molecular formula is C21H22N6O2. The molecule has 3 aromatic heterocycles. The van der Waals surface area contributed by atoms with Gasteiger partial charge in [0.1, 0.15) is 11.0 Å². The molecule has 0 aliphatic heterocycles. The minimum Gasteiger partial charge on any atom is -0.418 e. The number of anilines is 1. The van der Waals surface area contributed by atoms with Gasteiger partial charge in [-0.3, -0.25) is 4.79 Å². The summed E-state index contributed by atoms with van der Waals surface area (Å²) in [5.41, 5.74) is 4.63. The molecule has 1 aliphatic rings. The van der Waals surface area contributed by atoms with Gasteiger partial charge in [-0.05, 0) is 30.5 Å². The van der Waals surface area contributed by atoms with Crippen molar-refractivity contribution in [1.82, 2.24) is 24.8 Å². The van der Waals surface area contributed by atoms with Gasteiger partial charge >= 0.3 is 0 Å². The van der Waals surface area contributed by atoms with Crippen molar-refractivity contribution < 1.29 is 9.21 Å². The van der Waals surface area contributed by atoms with Crippen LogP contribution in [0.4, 0.5) is 5.82 Å². The number of rotatable bonds is 5. The molecule has 148 valence electrons. The normalized spacial score (nSPS) is 14.3. The van der Waals surface area contributed by atoms with Crippen LogP contribution in [0, 0.1) is 5.92 Å². The smallest absolute Gasteiger partial charge is 0.251 e. The van der Waals surface area contributed by atoms with Crippen LogP contribution in [-0.4, -0.2) is 32.5 Å². The first kappa shape index (κ1) is 17.7. The lowest BCUT2D eigenvalue weighted by atomic mass is 9.85. The number of nitrogens with zero attached hydrogens (tertiary/aromatic N) is 4. The number of carbonyl (C=O) groups excluding carboxylic acids is 1. The van der Waals surface area contributed by atoms with Crippen LogP contribution in [0.15, 0.2) is 35.0 Å². The maximum Gasteiger partial charge on any atom is 0.251 e. The third kappa shape index (κ3) is 3.00. The van der Waals surface area contributed by atoms with Crippen molar-refractivity contribution in [2.24, 2.45) is 13.0 Å². The summed E-state index contributed by atoms with van der Waals surface area (Å²) in [6.45, 7) is 0.498. The molecule has 4 aromatic rings. The van der Waals surface area contributed by atoms with E-state index in [0.717, 1.165) is 41.4 Å². The van der Waals surface area contributed by atoms with E-state index >= 15 is 0 Å². The molecule has 29 heavy (non-hydrogen) atoms. The minimum absolute atomic E-state index is 0.144.